The lowest BCUT2D eigenvalue weighted by atomic mass is 10.1. The summed E-state index contributed by atoms with van der Waals surface area (Å²) in [5.41, 5.74) is 1.19. The molecule has 0 bridgehead atoms. The number of hydrogen-bond acceptors (Lipinski definition) is 4. The average Bonchev–Trinajstić information content (AvgIpc) is 2.79. The van der Waals surface area contributed by atoms with Crippen LogP contribution in [0.15, 0.2) is 24.3 Å². The molecule has 0 radical (unpaired) electrons. The SMILES string of the molecule is O=C(CCNCCc1ccc(Cl)cc1)NC1CCS(=O)(=O)C1. The summed E-state index contributed by atoms with van der Waals surface area (Å²) < 4.78 is 22.6. The van der Waals surface area contributed by atoms with Crippen molar-refractivity contribution >= 4 is 27.3 Å². The number of nitrogens with one attached hydrogen (secondary N) is 2. The van der Waals surface area contributed by atoms with Crippen LogP contribution in [-0.2, 0) is 21.1 Å². The summed E-state index contributed by atoms with van der Waals surface area (Å²) in [5, 5.41) is 6.71. The van der Waals surface area contributed by atoms with Gasteiger partial charge in [-0.15, -0.1) is 0 Å². The van der Waals surface area contributed by atoms with Crippen molar-refractivity contribution in [3.63, 3.8) is 0 Å². The molecule has 1 aliphatic rings. The van der Waals surface area contributed by atoms with Crippen LogP contribution in [-0.4, -0.2) is 45.0 Å². The van der Waals surface area contributed by atoms with E-state index in [1.54, 1.807) is 0 Å². The van der Waals surface area contributed by atoms with Crippen LogP contribution in [0.1, 0.15) is 18.4 Å². The second-order valence-corrected chi connectivity index (χ2v) is 8.21. The molecule has 1 aromatic rings. The Bertz CT molecular complexity index is 602. The van der Waals surface area contributed by atoms with Gasteiger partial charge in [-0.3, -0.25) is 4.79 Å². The van der Waals surface area contributed by atoms with Gasteiger partial charge in [-0.2, -0.15) is 0 Å². The Morgan fingerprint density at radius 3 is 2.59 bits per heavy atom. The van der Waals surface area contributed by atoms with Crippen LogP contribution < -0.4 is 10.6 Å². The van der Waals surface area contributed by atoms with E-state index in [-0.39, 0.29) is 23.5 Å². The Morgan fingerprint density at radius 1 is 1.23 bits per heavy atom. The quantitative estimate of drug-likeness (QED) is 0.728. The van der Waals surface area contributed by atoms with Gasteiger partial charge >= 0.3 is 0 Å². The van der Waals surface area contributed by atoms with Gasteiger partial charge in [-0.05, 0) is 37.1 Å². The number of hydrogen-bond donors (Lipinski definition) is 2. The molecule has 0 aliphatic carbocycles. The van der Waals surface area contributed by atoms with E-state index >= 15 is 0 Å². The standard InChI is InChI=1S/C15H21ClN2O3S/c16-13-3-1-12(2-4-13)5-8-17-9-6-15(19)18-14-7-10-22(20,21)11-14/h1-4,14,17H,5-11H2,(H,18,19). The molecule has 22 heavy (non-hydrogen) atoms. The van der Waals surface area contributed by atoms with Crippen LogP contribution in [0.5, 0.6) is 0 Å². The lowest BCUT2D eigenvalue weighted by molar-refractivity contribution is -0.121. The topological polar surface area (TPSA) is 75.3 Å². The first kappa shape index (κ1) is 17.2. The molecule has 1 aliphatic heterocycles. The molecular weight excluding hydrogens is 324 g/mol. The number of carbonyl (C=O) groups excluding carboxylic acids is 1. The number of carbonyl (C=O) groups is 1. The molecule has 5 nitrogen and oxygen atoms in total. The van der Waals surface area contributed by atoms with Gasteiger partial charge in [0.1, 0.15) is 0 Å². The minimum absolute atomic E-state index is 0.0722. The molecule has 1 amide bonds. The second kappa shape index (κ2) is 7.94. The smallest absolute Gasteiger partial charge is 0.221 e. The normalized spacial score (nSPS) is 20.0. The Labute approximate surface area is 136 Å². The van der Waals surface area contributed by atoms with E-state index in [4.69, 9.17) is 11.6 Å². The molecule has 1 fully saturated rings. The van der Waals surface area contributed by atoms with E-state index in [1.807, 2.05) is 24.3 Å². The molecule has 0 saturated carbocycles. The lowest BCUT2D eigenvalue weighted by Gasteiger charge is -2.11. The van der Waals surface area contributed by atoms with E-state index in [0.717, 1.165) is 18.0 Å². The van der Waals surface area contributed by atoms with Gasteiger partial charge in [0.15, 0.2) is 9.84 Å². The number of sulfone groups is 1. The molecule has 7 heteroatoms. The fraction of sp³-hybridized carbons (Fsp3) is 0.533. The Hall–Kier alpha value is -1.11. The van der Waals surface area contributed by atoms with Crippen molar-refractivity contribution in [3.05, 3.63) is 34.9 Å². The van der Waals surface area contributed by atoms with Crippen molar-refractivity contribution < 1.29 is 13.2 Å². The Kier molecular flexibility index (Phi) is 6.23. The maximum absolute atomic E-state index is 11.7. The van der Waals surface area contributed by atoms with Crippen LogP contribution in [0.25, 0.3) is 0 Å². The summed E-state index contributed by atoms with van der Waals surface area (Å²) in [6.45, 7) is 1.37. The van der Waals surface area contributed by atoms with Gasteiger partial charge in [-0.25, -0.2) is 8.42 Å². The van der Waals surface area contributed by atoms with E-state index in [9.17, 15) is 13.2 Å². The number of rotatable bonds is 7. The number of halogens is 1. The third-order valence-electron chi connectivity index (χ3n) is 3.63. The number of benzene rings is 1. The monoisotopic (exact) mass is 344 g/mol. The summed E-state index contributed by atoms with van der Waals surface area (Å²) in [5.74, 6) is 0.154. The predicted molar refractivity (Wildman–Crippen MR) is 87.8 cm³/mol. The highest BCUT2D eigenvalue weighted by Crippen LogP contribution is 2.11. The molecule has 1 heterocycles. The zero-order valence-corrected chi connectivity index (χ0v) is 13.9. The lowest BCUT2D eigenvalue weighted by Crippen LogP contribution is -2.37. The Morgan fingerprint density at radius 2 is 1.95 bits per heavy atom. The number of amides is 1. The molecular formula is C15H21ClN2O3S. The molecule has 1 unspecified atom stereocenters. The minimum Gasteiger partial charge on any atom is -0.352 e. The third kappa shape index (κ3) is 5.94. The predicted octanol–water partition coefficient (Wildman–Crippen LogP) is 1.17. The summed E-state index contributed by atoms with van der Waals surface area (Å²) in [4.78, 5) is 11.7. The molecule has 0 spiro atoms. The molecule has 0 aromatic heterocycles. The maximum atomic E-state index is 11.7. The van der Waals surface area contributed by atoms with Crippen LogP contribution in [0.3, 0.4) is 0 Å². The van der Waals surface area contributed by atoms with E-state index in [1.165, 1.54) is 5.56 Å². The van der Waals surface area contributed by atoms with Gasteiger partial charge < -0.3 is 10.6 Å². The van der Waals surface area contributed by atoms with Crippen molar-refractivity contribution in [2.45, 2.75) is 25.3 Å². The maximum Gasteiger partial charge on any atom is 0.221 e. The van der Waals surface area contributed by atoms with Gasteiger partial charge in [0.05, 0.1) is 11.5 Å². The van der Waals surface area contributed by atoms with Gasteiger partial charge in [0.2, 0.25) is 5.91 Å². The molecule has 1 saturated heterocycles. The highest BCUT2D eigenvalue weighted by molar-refractivity contribution is 7.91. The summed E-state index contributed by atoms with van der Waals surface area (Å²) in [6.07, 6.45) is 1.76. The first-order valence-corrected chi connectivity index (χ1v) is 9.59. The van der Waals surface area contributed by atoms with Crippen LogP contribution in [0.2, 0.25) is 5.02 Å². The summed E-state index contributed by atoms with van der Waals surface area (Å²) >= 11 is 5.82. The van der Waals surface area contributed by atoms with Crippen molar-refractivity contribution in [3.8, 4) is 0 Å². The van der Waals surface area contributed by atoms with Crippen LogP contribution in [0, 0.1) is 0 Å². The molecule has 1 atom stereocenters. The van der Waals surface area contributed by atoms with Crippen molar-refractivity contribution in [2.75, 3.05) is 24.6 Å². The average molecular weight is 345 g/mol. The van der Waals surface area contributed by atoms with Crippen LogP contribution >= 0.6 is 11.6 Å². The van der Waals surface area contributed by atoms with Crippen LogP contribution in [0.4, 0.5) is 0 Å². The highest BCUT2D eigenvalue weighted by atomic mass is 35.5. The first-order chi connectivity index (χ1) is 10.4. The van der Waals surface area contributed by atoms with E-state index < -0.39 is 9.84 Å². The van der Waals surface area contributed by atoms with Gasteiger partial charge in [-0.1, -0.05) is 23.7 Å². The zero-order valence-electron chi connectivity index (χ0n) is 12.3. The largest absolute Gasteiger partial charge is 0.352 e. The third-order valence-corrected chi connectivity index (χ3v) is 5.65. The first-order valence-electron chi connectivity index (χ1n) is 7.39. The summed E-state index contributed by atoms with van der Waals surface area (Å²) in [7, 11) is -2.94. The Balaban J connectivity index is 1.56. The molecule has 2 N–H and O–H groups in total. The van der Waals surface area contributed by atoms with Gasteiger partial charge in [0.25, 0.3) is 0 Å². The summed E-state index contributed by atoms with van der Waals surface area (Å²) in [6, 6.07) is 7.47. The second-order valence-electron chi connectivity index (χ2n) is 5.54. The van der Waals surface area contributed by atoms with Crippen molar-refractivity contribution in [2.24, 2.45) is 0 Å². The van der Waals surface area contributed by atoms with E-state index in [2.05, 4.69) is 10.6 Å². The van der Waals surface area contributed by atoms with Crippen molar-refractivity contribution in [1.82, 2.24) is 10.6 Å². The minimum atomic E-state index is -2.94. The molecule has 122 valence electrons. The highest BCUT2D eigenvalue weighted by Gasteiger charge is 2.28. The van der Waals surface area contributed by atoms with Crippen molar-refractivity contribution in [1.29, 1.82) is 0 Å². The molecule has 2 rings (SSSR count). The van der Waals surface area contributed by atoms with Gasteiger partial charge in [0, 0.05) is 24.0 Å². The zero-order chi connectivity index (χ0) is 16.0. The molecule has 1 aromatic carbocycles. The van der Waals surface area contributed by atoms with E-state index in [0.29, 0.717) is 19.4 Å². The fourth-order valence-corrected chi connectivity index (χ4v) is 4.22. The fourth-order valence-electron chi connectivity index (χ4n) is 2.42.